The SMILES string of the molecule is Cc1ccc(-c2ccc(Cl)cc2Cl)cc1C1=C(O)C(C)(C)S(=O)C(C)(C)C1=O. The van der Waals surface area contributed by atoms with Crippen molar-refractivity contribution in [2.45, 2.75) is 44.1 Å². The molecule has 1 unspecified atom stereocenters. The predicted octanol–water partition coefficient (Wildman–Crippen LogP) is 6.13. The monoisotopic (exact) mass is 436 g/mol. The maximum atomic E-state index is 13.2. The van der Waals surface area contributed by atoms with E-state index in [9.17, 15) is 14.1 Å². The van der Waals surface area contributed by atoms with Crippen LogP contribution in [0, 0.1) is 6.92 Å². The quantitative estimate of drug-likeness (QED) is 0.615. The number of rotatable bonds is 2. The number of allylic oxidation sites excluding steroid dienone is 1. The second kappa shape index (κ2) is 7.01. The molecule has 1 atom stereocenters. The van der Waals surface area contributed by atoms with Crippen LogP contribution in [0.5, 0.6) is 0 Å². The third-order valence-corrected chi connectivity index (χ3v) is 8.04. The Balaban J connectivity index is 2.27. The summed E-state index contributed by atoms with van der Waals surface area (Å²) >= 11 is 12.4. The first kappa shape index (κ1) is 21.1. The van der Waals surface area contributed by atoms with Gasteiger partial charge < -0.3 is 5.11 Å². The topological polar surface area (TPSA) is 54.4 Å². The zero-order chi connectivity index (χ0) is 21.0. The minimum atomic E-state index is -1.56. The predicted molar refractivity (Wildman–Crippen MR) is 117 cm³/mol. The van der Waals surface area contributed by atoms with Gasteiger partial charge in [-0.2, -0.15) is 0 Å². The molecule has 6 heteroatoms. The van der Waals surface area contributed by atoms with Crippen molar-refractivity contribution in [2.24, 2.45) is 0 Å². The largest absolute Gasteiger partial charge is 0.510 e. The zero-order valence-electron chi connectivity index (χ0n) is 16.4. The molecule has 148 valence electrons. The molecule has 3 rings (SSSR count). The molecule has 0 saturated carbocycles. The van der Waals surface area contributed by atoms with Crippen LogP contribution in [-0.2, 0) is 15.6 Å². The Morgan fingerprint density at radius 3 is 2.18 bits per heavy atom. The van der Waals surface area contributed by atoms with Gasteiger partial charge in [0, 0.05) is 26.4 Å². The number of ketones is 1. The lowest BCUT2D eigenvalue weighted by Gasteiger charge is -2.39. The standard InChI is InChI=1S/C22H22Cl2O3S/c1-12-6-7-13(15-9-8-14(23)11-17(15)24)10-16(12)18-19(25)21(2,3)28(27)22(4,5)20(18)26/h6-11,25H,1-5H3. The summed E-state index contributed by atoms with van der Waals surface area (Å²) in [6.07, 6.45) is 0. The van der Waals surface area contributed by atoms with E-state index in [1.54, 1.807) is 39.8 Å². The molecule has 1 aliphatic rings. The normalized spacial score (nSPS) is 21.1. The van der Waals surface area contributed by atoms with E-state index in [4.69, 9.17) is 23.2 Å². The van der Waals surface area contributed by atoms with Crippen LogP contribution in [0.3, 0.4) is 0 Å². The van der Waals surface area contributed by atoms with Crippen molar-refractivity contribution < 1.29 is 14.1 Å². The summed E-state index contributed by atoms with van der Waals surface area (Å²) in [5.41, 5.74) is 3.25. The molecular weight excluding hydrogens is 415 g/mol. The van der Waals surface area contributed by atoms with Crippen molar-refractivity contribution in [3.05, 3.63) is 63.3 Å². The second-order valence-electron chi connectivity index (χ2n) is 8.00. The molecule has 0 bridgehead atoms. The molecule has 2 aromatic carbocycles. The molecule has 28 heavy (non-hydrogen) atoms. The number of aryl methyl sites for hydroxylation is 1. The highest BCUT2D eigenvalue weighted by Crippen LogP contribution is 2.44. The van der Waals surface area contributed by atoms with E-state index in [-0.39, 0.29) is 17.1 Å². The number of Topliss-reactive ketones (excluding diaryl/α,β-unsaturated/α-hetero) is 1. The molecule has 0 spiro atoms. The van der Waals surface area contributed by atoms with Gasteiger partial charge >= 0.3 is 0 Å². The Morgan fingerprint density at radius 2 is 1.57 bits per heavy atom. The number of hydrogen-bond acceptors (Lipinski definition) is 3. The molecule has 0 radical (unpaired) electrons. The number of benzene rings is 2. The van der Waals surface area contributed by atoms with Gasteiger partial charge in [-0.05, 0) is 69.5 Å². The average molecular weight is 437 g/mol. The molecule has 3 nitrogen and oxygen atoms in total. The third-order valence-electron chi connectivity index (χ3n) is 5.26. The lowest BCUT2D eigenvalue weighted by molar-refractivity contribution is -0.115. The average Bonchev–Trinajstić information content (AvgIpc) is 2.61. The van der Waals surface area contributed by atoms with Crippen LogP contribution >= 0.6 is 23.2 Å². The van der Waals surface area contributed by atoms with Crippen LogP contribution in [0.2, 0.25) is 10.0 Å². The Hall–Kier alpha value is -1.62. The minimum Gasteiger partial charge on any atom is -0.510 e. The molecule has 0 amide bonds. The van der Waals surface area contributed by atoms with E-state index in [2.05, 4.69) is 0 Å². The summed E-state index contributed by atoms with van der Waals surface area (Å²) in [5.74, 6) is -0.470. The number of aliphatic hydroxyl groups is 1. The van der Waals surface area contributed by atoms with Crippen LogP contribution in [0.4, 0.5) is 0 Å². The van der Waals surface area contributed by atoms with Crippen molar-refractivity contribution in [2.75, 3.05) is 0 Å². The van der Waals surface area contributed by atoms with Crippen LogP contribution in [0.15, 0.2) is 42.2 Å². The van der Waals surface area contributed by atoms with Crippen molar-refractivity contribution in [3.8, 4) is 11.1 Å². The van der Waals surface area contributed by atoms with Gasteiger partial charge in [0.1, 0.15) is 10.5 Å². The summed E-state index contributed by atoms with van der Waals surface area (Å²) in [5, 5.41) is 12.0. The van der Waals surface area contributed by atoms with Gasteiger partial charge in [-0.1, -0.05) is 41.4 Å². The molecule has 0 aliphatic carbocycles. The van der Waals surface area contributed by atoms with E-state index in [0.717, 1.165) is 16.7 Å². The van der Waals surface area contributed by atoms with Gasteiger partial charge in [-0.15, -0.1) is 0 Å². The van der Waals surface area contributed by atoms with E-state index >= 15 is 0 Å². The maximum Gasteiger partial charge on any atom is 0.184 e. The Morgan fingerprint density at radius 1 is 0.929 bits per heavy atom. The van der Waals surface area contributed by atoms with Crippen molar-refractivity contribution >= 4 is 45.4 Å². The van der Waals surface area contributed by atoms with Crippen LogP contribution in [0.1, 0.15) is 38.8 Å². The summed E-state index contributed by atoms with van der Waals surface area (Å²) in [6, 6.07) is 10.9. The van der Waals surface area contributed by atoms with Crippen molar-refractivity contribution in [1.29, 1.82) is 0 Å². The molecule has 1 aliphatic heterocycles. The van der Waals surface area contributed by atoms with Gasteiger partial charge in [-0.3, -0.25) is 9.00 Å². The first-order chi connectivity index (χ1) is 12.9. The van der Waals surface area contributed by atoms with Gasteiger partial charge in [-0.25, -0.2) is 0 Å². The van der Waals surface area contributed by atoms with Crippen LogP contribution in [-0.4, -0.2) is 24.6 Å². The Labute approximate surface area is 177 Å². The van der Waals surface area contributed by atoms with Crippen LogP contribution in [0.25, 0.3) is 16.7 Å². The van der Waals surface area contributed by atoms with E-state index in [0.29, 0.717) is 15.6 Å². The summed E-state index contributed by atoms with van der Waals surface area (Å²) in [6.45, 7) is 8.59. The van der Waals surface area contributed by atoms with Gasteiger partial charge in [0.25, 0.3) is 0 Å². The molecule has 1 N–H and O–H groups in total. The Kier molecular flexibility index (Phi) is 5.28. The lowest BCUT2D eigenvalue weighted by Crippen LogP contribution is -2.52. The number of halogens is 2. The lowest BCUT2D eigenvalue weighted by atomic mass is 9.86. The molecule has 1 heterocycles. The number of hydrogen-bond donors (Lipinski definition) is 1. The highest BCUT2D eigenvalue weighted by molar-refractivity contribution is 7.89. The molecule has 0 aromatic heterocycles. The van der Waals surface area contributed by atoms with E-state index < -0.39 is 20.3 Å². The first-order valence-corrected chi connectivity index (χ1v) is 10.8. The van der Waals surface area contributed by atoms with Gasteiger partial charge in [0.2, 0.25) is 0 Å². The van der Waals surface area contributed by atoms with Crippen molar-refractivity contribution in [1.82, 2.24) is 0 Å². The fourth-order valence-electron chi connectivity index (χ4n) is 3.55. The summed E-state index contributed by atoms with van der Waals surface area (Å²) < 4.78 is 10.7. The summed E-state index contributed by atoms with van der Waals surface area (Å²) in [4.78, 5) is 13.2. The fourth-order valence-corrected chi connectivity index (χ4v) is 5.89. The maximum absolute atomic E-state index is 13.2. The fraction of sp³-hybridized carbons (Fsp3) is 0.318. The van der Waals surface area contributed by atoms with Gasteiger partial charge in [0.05, 0.1) is 10.3 Å². The van der Waals surface area contributed by atoms with E-state index in [1.807, 2.05) is 31.2 Å². The first-order valence-electron chi connectivity index (χ1n) is 8.86. The Bertz CT molecular complexity index is 1050. The highest BCUT2D eigenvalue weighted by Gasteiger charge is 2.52. The third kappa shape index (κ3) is 3.22. The highest BCUT2D eigenvalue weighted by atomic mass is 35.5. The molecule has 0 fully saturated rings. The zero-order valence-corrected chi connectivity index (χ0v) is 18.7. The van der Waals surface area contributed by atoms with Crippen molar-refractivity contribution in [3.63, 3.8) is 0 Å². The summed E-state index contributed by atoms with van der Waals surface area (Å²) in [7, 11) is -1.56. The minimum absolute atomic E-state index is 0.141. The second-order valence-corrected chi connectivity index (χ2v) is 11.4. The van der Waals surface area contributed by atoms with E-state index in [1.165, 1.54) is 0 Å². The molecule has 0 saturated heterocycles. The molecular formula is C22H22Cl2O3S. The number of carbonyl (C=O) groups excluding carboxylic acids is 1. The van der Waals surface area contributed by atoms with Crippen LogP contribution < -0.4 is 0 Å². The number of carbonyl (C=O) groups is 1. The smallest absolute Gasteiger partial charge is 0.184 e. The molecule has 2 aromatic rings. The van der Waals surface area contributed by atoms with Gasteiger partial charge in [0.15, 0.2) is 5.78 Å². The number of aliphatic hydroxyl groups excluding tert-OH is 1.